The summed E-state index contributed by atoms with van der Waals surface area (Å²) in [6.07, 6.45) is 12.2. The van der Waals surface area contributed by atoms with Crippen LogP contribution in [0.15, 0.2) is 133 Å². The Hall–Kier alpha value is -4.46. The van der Waals surface area contributed by atoms with E-state index < -0.39 is 0 Å². The Morgan fingerprint density at radius 3 is 2.15 bits per heavy atom. The van der Waals surface area contributed by atoms with Crippen LogP contribution in [0.1, 0.15) is 17.5 Å². The molecule has 0 saturated heterocycles. The predicted molar refractivity (Wildman–Crippen MR) is 168 cm³/mol. The maximum absolute atomic E-state index is 2.38. The molecule has 1 unspecified atom stereocenters. The van der Waals surface area contributed by atoms with Crippen molar-refractivity contribution in [2.45, 2.75) is 20.3 Å². The van der Waals surface area contributed by atoms with Gasteiger partial charge in [0, 0.05) is 16.8 Å². The molecule has 188 valence electrons. The van der Waals surface area contributed by atoms with Crippen molar-refractivity contribution in [2.24, 2.45) is 0 Å². The third-order valence-corrected chi connectivity index (χ3v) is 8.58. The van der Waals surface area contributed by atoms with Gasteiger partial charge in [-0.1, -0.05) is 85.0 Å². The van der Waals surface area contributed by atoms with E-state index in [-0.39, 0.29) is 0 Å². The van der Waals surface area contributed by atoms with E-state index in [9.17, 15) is 0 Å². The number of nitrogens with zero attached hydrogens (tertiary/aromatic N) is 1. The highest BCUT2D eigenvalue weighted by Gasteiger charge is 2.36. The van der Waals surface area contributed by atoms with Crippen LogP contribution in [-0.4, -0.2) is 7.05 Å². The highest BCUT2D eigenvalue weighted by atomic mass is 15.4. The second-order valence-corrected chi connectivity index (χ2v) is 10.9. The summed E-state index contributed by atoms with van der Waals surface area (Å²) in [5, 5.41) is 2.68. The molecule has 0 aromatic heterocycles. The van der Waals surface area contributed by atoms with Gasteiger partial charge in [0.1, 0.15) is 11.4 Å². The van der Waals surface area contributed by atoms with Crippen molar-refractivity contribution in [2.75, 3.05) is 7.05 Å². The zero-order valence-corrected chi connectivity index (χ0v) is 22.8. The average molecular weight is 503 g/mol. The molecule has 5 aromatic rings. The van der Waals surface area contributed by atoms with Crippen LogP contribution in [0.2, 0.25) is 0 Å². The van der Waals surface area contributed by atoms with Crippen LogP contribution in [0, 0.1) is 13.8 Å². The molecule has 0 aliphatic heterocycles. The molecule has 7 rings (SSSR count). The van der Waals surface area contributed by atoms with Crippen molar-refractivity contribution >= 4 is 22.1 Å². The molecule has 1 heteroatoms. The van der Waals surface area contributed by atoms with E-state index in [2.05, 4.69) is 148 Å². The number of benzene rings is 5. The fourth-order valence-electron chi connectivity index (χ4n) is 6.80. The van der Waals surface area contributed by atoms with E-state index in [0.717, 1.165) is 6.42 Å². The molecular formula is C38H32N+. The van der Waals surface area contributed by atoms with E-state index in [1.165, 1.54) is 72.4 Å². The molecule has 0 spiro atoms. The minimum atomic E-state index is 0.599. The fraction of sp³-hybridized carbons (Fsp3) is 0.105. The van der Waals surface area contributed by atoms with E-state index in [4.69, 9.17) is 0 Å². The largest absolute Gasteiger partial charge is 0.229 e. The Bertz CT molecular complexity index is 1840. The summed E-state index contributed by atoms with van der Waals surface area (Å²) in [6, 6.07) is 35.8. The average Bonchev–Trinajstić information content (AvgIpc) is 3.11. The van der Waals surface area contributed by atoms with Gasteiger partial charge in [-0.15, -0.1) is 0 Å². The number of allylic oxidation sites excluding steroid dienone is 5. The second-order valence-electron chi connectivity index (χ2n) is 10.9. The van der Waals surface area contributed by atoms with Crippen LogP contribution in [0.25, 0.3) is 44.2 Å². The summed E-state index contributed by atoms with van der Waals surface area (Å²) in [6.45, 7) is 4.52. The third kappa shape index (κ3) is 3.51. The van der Waals surface area contributed by atoms with Gasteiger partial charge in [0.2, 0.25) is 0 Å². The lowest BCUT2D eigenvalue weighted by molar-refractivity contribution is 0.582. The molecule has 39 heavy (non-hydrogen) atoms. The zero-order chi connectivity index (χ0) is 26.6. The normalized spacial score (nSPS) is 15.1. The summed E-state index contributed by atoms with van der Waals surface area (Å²) in [4.78, 5) is 0. The molecule has 0 N–H and O–H groups in total. The van der Waals surface area contributed by atoms with Crippen molar-refractivity contribution in [3.63, 3.8) is 0 Å². The number of likely N-dealkylation sites (N-methyl/N-ethyl adjacent to an activating group) is 1. The van der Waals surface area contributed by atoms with Crippen LogP contribution in [0.3, 0.4) is 0 Å². The Kier molecular flexibility index (Phi) is 5.50. The van der Waals surface area contributed by atoms with Gasteiger partial charge in [-0.05, 0) is 101 Å². The lowest BCUT2D eigenvalue weighted by Gasteiger charge is -2.35. The van der Waals surface area contributed by atoms with Crippen LogP contribution in [0.5, 0.6) is 0 Å². The van der Waals surface area contributed by atoms with Gasteiger partial charge in [-0.3, -0.25) is 0 Å². The second kappa shape index (κ2) is 9.08. The van der Waals surface area contributed by atoms with Crippen molar-refractivity contribution in [3.05, 3.63) is 144 Å². The highest BCUT2D eigenvalue weighted by molar-refractivity contribution is 6.21. The molecule has 0 amide bonds. The van der Waals surface area contributed by atoms with Gasteiger partial charge in [0.05, 0.1) is 7.05 Å². The van der Waals surface area contributed by atoms with E-state index >= 15 is 0 Å². The third-order valence-electron chi connectivity index (χ3n) is 8.58. The van der Waals surface area contributed by atoms with Crippen molar-refractivity contribution in [1.29, 1.82) is 0 Å². The minimum absolute atomic E-state index is 0.599. The molecule has 0 heterocycles. The van der Waals surface area contributed by atoms with E-state index in [0.29, 0.717) is 4.48 Å². The standard InChI is InChI=1S/C38H32N/c1-26-25-27(2)36-33-23-24-34(39(3,30-19-12-7-13-20-30)29-17-10-4-5-11-18-29)31-21-14-22-32(37(31)33)38(36)35(26)28-15-8-6-9-16-28/h4,6-25H,5H2,1-3H3/q+1. The van der Waals surface area contributed by atoms with Gasteiger partial charge in [0.15, 0.2) is 5.69 Å². The topological polar surface area (TPSA) is 0 Å². The lowest BCUT2D eigenvalue weighted by Crippen LogP contribution is -2.38. The number of para-hydroxylation sites is 1. The van der Waals surface area contributed by atoms with Gasteiger partial charge in [-0.2, -0.15) is 0 Å². The number of hydrogen-bond acceptors (Lipinski definition) is 0. The summed E-state index contributed by atoms with van der Waals surface area (Å²) >= 11 is 0. The van der Waals surface area contributed by atoms with Crippen LogP contribution < -0.4 is 4.48 Å². The van der Waals surface area contributed by atoms with Crippen molar-refractivity contribution in [1.82, 2.24) is 4.48 Å². The van der Waals surface area contributed by atoms with Crippen LogP contribution in [-0.2, 0) is 0 Å². The Balaban J connectivity index is 1.56. The molecule has 2 aliphatic carbocycles. The van der Waals surface area contributed by atoms with Crippen LogP contribution in [0.4, 0.5) is 11.4 Å². The van der Waals surface area contributed by atoms with Gasteiger partial charge in [0.25, 0.3) is 0 Å². The lowest BCUT2D eigenvalue weighted by atomic mass is 9.87. The quantitative estimate of drug-likeness (QED) is 0.210. The Labute approximate surface area is 231 Å². The van der Waals surface area contributed by atoms with Crippen molar-refractivity contribution in [3.8, 4) is 33.4 Å². The number of hydrogen-bond donors (Lipinski definition) is 0. The number of quaternary nitrogens is 1. The summed E-state index contributed by atoms with van der Waals surface area (Å²) < 4.78 is 0.599. The van der Waals surface area contributed by atoms with E-state index in [1.54, 1.807) is 0 Å². The molecule has 0 fully saturated rings. The fourth-order valence-corrected chi connectivity index (χ4v) is 6.80. The maximum atomic E-state index is 2.38. The number of aryl methyl sites for hydroxylation is 2. The zero-order valence-electron chi connectivity index (χ0n) is 22.8. The van der Waals surface area contributed by atoms with Crippen molar-refractivity contribution < 1.29 is 0 Å². The van der Waals surface area contributed by atoms with E-state index in [1.807, 2.05) is 0 Å². The Morgan fingerprint density at radius 1 is 0.641 bits per heavy atom. The maximum Gasteiger partial charge on any atom is 0.150 e. The monoisotopic (exact) mass is 502 g/mol. The molecular weight excluding hydrogens is 470 g/mol. The SMILES string of the molecule is Cc1cc(C)c2c(c1-c1ccccc1)-c1cccc3c([N+](C)(C4=CC=CCC=C4)c4ccccc4)ccc-2c13. The first-order valence-corrected chi connectivity index (χ1v) is 13.8. The number of fused-ring (bicyclic) bond motifs is 3. The molecule has 5 aromatic carbocycles. The van der Waals surface area contributed by atoms with Crippen LogP contribution >= 0.6 is 0 Å². The van der Waals surface area contributed by atoms with Gasteiger partial charge >= 0.3 is 0 Å². The predicted octanol–water partition coefficient (Wildman–Crippen LogP) is 10.4. The molecule has 0 bridgehead atoms. The smallest absolute Gasteiger partial charge is 0.150 e. The molecule has 1 nitrogen and oxygen atoms in total. The minimum Gasteiger partial charge on any atom is -0.229 e. The first-order valence-electron chi connectivity index (χ1n) is 13.8. The Morgan fingerprint density at radius 2 is 1.36 bits per heavy atom. The summed E-state index contributed by atoms with van der Waals surface area (Å²) in [5.41, 5.74) is 14.5. The molecule has 1 atom stereocenters. The summed E-state index contributed by atoms with van der Waals surface area (Å²) in [7, 11) is 2.33. The number of rotatable bonds is 4. The van der Waals surface area contributed by atoms with Gasteiger partial charge < -0.3 is 0 Å². The summed E-state index contributed by atoms with van der Waals surface area (Å²) in [5.74, 6) is 0. The molecule has 0 saturated carbocycles. The highest BCUT2D eigenvalue weighted by Crippen LogP contribution is 2.56. The first-order chi connectivity index (χ1) is 19.1. The molecule has 2 aliphatic rings. The molecule has 0 radical (unpaired) electrons. The van der Waals surface area contributed by atoms with Gasteiger partial charge in [-0.25, -0.2) is 4.48 Å². The first kappa shape index (κ1) is 23.6.